The van der Waals surface area contributed by atoms with Crippen molar-refractivity contribution in [2.45, 2.75) is 262 Å². The third-order valence-electron chi connectivity index (χ3n) is 12.0. The van der Waals surface area contributed by atoms with E-state index in [1.165, 1.54) is 111 Å². The molecular formula is C49H88N4O13S. The van der Waals surface area contributed by atoms with E-state index in [-0.39, 0.29) is 25.2 Å². The lowest BCUT2D eigenvalue weighted by molar-refractivity contribution is -0.204. The Morgan fingerprint density at radius 3 is 1.73 bits per heavy atom. The van der Waals surface area contributed by atoms with Crippen molar-refractivity contribution in [3.8, 4) is 0 Å². The fourth-order valence-corrected chi connectivity index (χ4v) is 8.35. The van der Waals surface area contributed by atoms with Crippen molar-refractivity contribution in [3.05, 3.63) is 0 Å². The molecule has 1 aliphatic heterocycles. The number of unbranched alkanes of at least 4 members (excludes halogenated alkanes) is 20. The number of amides is 4. The lowest BCUT2D eigenvalue weighted by atomic mass is 9.97. The number of rotatable bonds is 40. The average molecular weight is 974 g/mol. The molecule has 7 N–H and O–H groups in total. The summed E-state index contributed by atoms with van der Waals surface area (Å²) in [5.41, 5.74) is 4.17. The molecule has 67 heavy (non-hydrogen) atoms. The normalized spacial score (nSPS) is 20.1. The number of aliphatic carboxylic acids is 1. The summed E-state index contributed by atoms with van der Waals surface area (Å²) in [5, 5.41) is 25.6. The van der Waals surface area contributed by atoms with Crippen LogP contribution in [0.4, 0.5) is 0 Å². The van der Waals surface area contributed by atoms with Crippen LogP contribution in [0, 0.1) is 0 Å². The highest BCUT2D eigenvalue weighted by Crippen LogP contribution is 2.28. The van der Waals surface area contributed by atoms with Crippen LogP contribution in [0.25, 0.3) is 0 Å². The summed E-state index contributed by atoms with van der Waals surface area (Å²) in [5.74, 6) is -5.81. The Balaban J connectivity index is 2.88. The number of nitrogens with two attached hydrogens (primary N) is 1. The number of thiol groups is 1. The number of nitrogens with one attached hydrogen (secondary N) is 3. The maximum Gasteiger partial charge on any atom is 0.309 e. The number of primary amides is 1. The van der Waals surface area contributed by atoms with Crippen molar-refractivity contribution in [1.82, 2.24) is 15.9 Å². The fourth-order valence-electron chi connectivity index (χ4n) is 7.95. The van der Waals surface area contributed by atoms with Crippen LogP contribution in [0.15, 0.2) is 0 Å². The number of esters is 2. The summed E-state index contributed by atoms with van der Waals surface area (Å²) in [6.07, 6.45) is 18.7. The highest BCUT2D eigenvalue weighted by atomic mass is 32.1. The summed E-state index contributed by atoms with van der Waals surface area (Å²) < 4.78 is 31.6. The summed E-state index contributed by atoms with van der Waals surface area (Å²) in [4.78, 5) is 87.6. The molecule has 0 bridgehead atoms. The summed E-state index contributed by atoms with van der Waals surface area (Å²) in [7, 11) is 0. The lowest BCUT2D eigenvalue weighted by Gasteiger charge is -2.43. The van der Waals surface area contributed by atoms with Gasteiger partial charge in [0.25, 0.3) is 0 Å². The van der Waals surface area contributed by atoms with E-state index in [0.29, 0.717) is 18.2 Å². The van der Waals surface area contributed by atoms with Crippen molar-refractivity contribution < 1.29 is 64.1 Å². The van der Waals surface area contributed by atoms with E-state index in [2.05, 4.69) is 37.1 Å². The third-order valence-corrected chi connectivity index (χ3v) is 12.4. The highest BCUT2D eigenvalue weighted by Gasteiger charge is 2.47. The first-order valence-corrected chi connectivity index (χ1v) is 25.9. The zero-order valence-electron chi connectivity index (χ0n) is 42.4. The molecule has 18 heteroatoms. The molecule has 0 aromatic rings. The van der Waals surface area contributed by atoms with E-state index in [1.54, 1.807) is 0 Å². The monoisotopic (exact) mass is 974 g/mol. The van der Waals surface area contributed by atoms with Crippen LogP contribution in [-0.2, 0) is 52.5 Å². The quantitative estimate of drug-likeness (QED) is 0.0188. The van der Waals surface area contributed by atoms with Gasteiger partial charge in [-0.15, -0.1) is 12.6 Å². The van der Waals surface area contributed by atoms with Crippen LogP contribution in [0.3, 0.4) is 0 Å². The maximum atomic E-state index is 13.4. The molecule has 4 amide bonds. The highest BCUT2D eigenvalue weighted by molar-refractivity contribution is 7.80. The van der Waals surface area contributed by atoms with Crippen LogP contribution in [0.2, 0.25) is 1.41 Å². The summed E-state index contributed by atoms with van der Waals surface area (Å²) >= 11 is 4.45. The SMILES string of the molecule is [2H]N(C(=O)[C@@H](C)O[C@H]1[C@H](O)[C@@H](COC(=O)C[C@@H](CCCCCCCCCCC)OC(=O)CCCCCCCCCCCCCCC)O[C@@H](S)[C@@H]1NC(C)=O)[C@@H](C)C(=O)N[C@@H](CCC(=O)O)C(N)=O. The topological polar surface area (TPSA) is 259 Å². The molecule has 17 nitrogen and oxygen atoms in total. The largest absolute Gasteiger partial charge is 0.481 e. The molecule has 0 aliphatic carbocycles. The number of hydrogen-bond acceptors (Lipinski definition) is 13. The second-order valence-electron chi connectivity index (χ2n) is 18.2. The third kappa shape index (κ3) is 29.2. The van der Waals surface area contributed by atoms with Gasteiger partial charge in [-0.25, -0.2) is 0 Å². The zero-order chi connectivity index (χ0) is 50.9. The Morgan fingerprint density at radius 1 is 0.731 bits per heavy atom. The smallest absolute Gasteiger partial charge is 0.309 e. The molecule has 1 saturated heterocycles. The number of carboxylic acids is 1. The Hall–Kier alpha value is -3.48. The standard InChI is InChI=1S/C49H88N4O13S/c1-6-8-10-12-14-16-17-18-19-21-23-25-27-29-41(57)65-37(28-26-24-22-20-15-13-11-9-7-2)32-42(58)63-33-39-44(59)45(43(49(67)66-39)52-36(5)54)64-35(4)48(62)51-34(3)47(61)53-38(46(50)60)30-31-40(55)56/h34-35,37-39,43-45,49,59,67H,6-33H2,1-5H3,(H2,50,60)(H,51,62)(H,52,54)(H,53,61)(H,55,56)/t34-,35+,37+,38-,39+,43+,44+,45+,49-/m0/s1/i/hD. The van der Waals surface area contributed by atoms with Gasteiger partial charge in [-0.05, 0) is 39.5 Å². The van der Waals surface area contributed by atoms with Crippen molar-refractivity contribution in [2.75, 3.05) is 6.61 Å². The minimum absolute atomic E-state index is 0.209. The van der Waals surface area contributed by atoms with Crippen LogP contribution in [0.5, 0.6) is 0 Å². The molecule has 1 rings (SSSR count). The van der Waals surface area contributed by atoms with E-state index >= 15 is 0 Å². The van der Waals surface area contributed by atoms with E-state index in [4.69, 9.17) is 31.2 Å². The van der Waals surface area contributed by atoms with Gasteiger partial charge < -0.3 is 50.8 Å². The molecule has 1 fully saturated rings. The summed E-state index contributed by atoms with van der Waals surface area (Å²) in [6, 6.07) is -4.00. The van der Waals surface area contributed by atoms with E-state index in [9.17, 15) is 38.7 Å². The van der Waals surface area contributed by atoms with Gasteiger partial charge in [0.1, 0.15) is 54.6 Å². The van der Waals surface area contributed by atoms with Crippen molar-refractivity contribution in [1.29, 1.82) is 0 Å². The Labute approximate surface area is 407 Å². The van der Waals surface area contributed by atoms with Gasteiger partial charge in [0, 0.05) is 19.8 Å². The van der Waals surface area contributed by atoms with Crippen LogP contribution < -0.4 is 21.7 Å². The molecule has 0 aromatic carbocycles. The summed E-state index contributed by atoms with van der Waals surface area (Å²) in [6.45, 7) is 7.62. The first kappa shape index (κ1) is 59.6. The minimum Gasteiger partial charge on any atom is -0.481 e. The number of ether oxygens (including phenoxy) is 4. The van der Waals surface area contributed by atoms with Gasteiger partial charge in [0.15, 0.2) is 1.41 Å². The fraction of sp³-hybridized carbons (Fsp3) is 0.857. The molecule has 388 valence electrons. The van der Waals surface area contributed by atoms with Crippen molar-refractivity contribution in [3.63, 3.8) is 0 Å². The maximum absolute atomic E-state index is 13.4. The Morgan fingerprint density at radius 2 is 1.24 bits per heavy atom. The molecule has 9 atom stereocenters. The number of carboxylic acid groups (broad SMARTS) is 1. The molecular weight excluding hydrogens is 885 g/mol. The second kappa shape index (κ2) is 37.4. The van der Waals surface area contributed by atoms with Crippen LogP contribution in [-0.4, -0.2) is 112 Å². The first-order chi connectivity index (χ1) is 32.4. The van der Waals surface area contributed by atoms with Gasteiger partial charge in [-0.2, -0.15) is 0 Å². The van der Waals surface area contributed by atoms with Gasteiger partial charge in [0.2, 0.25) is 23.6 Å². The Bertz CT molecular complexity index is 1480. The number of carbonyl (C=O) groups excluding carboxylic acids is 6. The zero-order valence-corrected chi connectivity index (χ0v) is 42.2. The van der Waals surface area contributed by atoms with Gasteiger partial charge >= 0.3 is 17.9 Å². The number of hydrogen-bond donors (Lipinski definition) is 7. The van der Waals surface area contributed by atoms with E-state index < -0.39 is 103 Å². The molecule has 0 aromatic heterocycles. The van der Waals surface area contributed by atoms with Gasteiger partial charge in [-0.3, -0.25) is 33.6 Å². The van der Waals surface area contributed by atoms with E-state index in [1.807, 2.05) is 0 Å². The minimum atomic E-state index is -1.61. The number of carbonyl (C=O) groups is 7. The van der Waals surface area contributed by atoms with Gasteiger partial charge in [-0.1, -0.05) is 142 Å². The Kier molecular flexibility index (Phi) is 33.3. The predicted molar refractivity (Wildman–Crippen MR) is 259 cm³/mol. The van der Waals surface area contributed by atoms with Crippen molar-refractivity contribution in [2.24, 2.45) is 5.73 Å². The molecule has 0 radical (unpaired) electrons. The first-order valence-electron chi connectivity index (χ1n) is 25.8. The molecule has 0 spiro atoms. The number of aliphatic hydroxyl groups excluding tert-OH is 1. The van der Waals surface area contributed by atoms with E-state index in [0.717, 1.165) is 44.9 Å². The van der Waals surface area contributed by atoms with Gasteiger partial charge in [0.05, 0.1) is 12.5 Å². The van der Waals surface area contributed by atoms with Crippen LogP contribution >= 0.6 is 12.6 Å². The average Bonchev–Trinajstić information content (AvgIpc) is 3.29. The molecule has 1 heterocycles. The predicted octanol–water partition coefficient (Wildman–Crippen LogP) is 6.87. The second-order valence-corrected chi connectivity index (χ2v) is 18.7. The van der Waals surface area contributed by atoms with Crippen molar-refractivity contribution >= 4 is 54.2 Å². The van der Waals surface area contributed by atoms with Crippen LogP contribution in [0.1, 0.15) is 208 Å². The molecule has 0 saturated carbocycles. The number of aliphatic hydroxyl groups is 1. The molecule has 1 aliphatic rings. The molecule has 0 unspecified atom stereocenters. The lowest BCUT2D eigenvalue weighted by Crippen LogP contribution is -2.64.